The minimum atomic E-state index is -0.0159. The molecule has 4 nitrogen and oxygen atoms in total. The molecule has 0 aliphatic heterocycles. The van der Waals surface area contributed by atoms with Crippen LogP contribution in [0.4, 0.5) is 0 Å². The maximum absolute atomic E-state index is 12.5. The SMILES string of the molecule is CN(Cc1ccccc1)C(=O)c1ccc(OCCOc2ccccc2)cc1. The number of carbonyl (C=O) groups excluding carboxylic acids is 1. The summed E-state index contributed by atoms with van der Waals surface area (Å²) < 4.78 is 11.3. The molecular weight excluding hydrogens is 338 g/mol. The molecule has 3 rings (SSSR count). The Morgan fingerprint density at radius 2 is 1.26 bits per heavy atom. The summed E-state index contributed by atoms with van der Waals surface area (Å²) in [4.78, 5) is 14.2. The summed E-state index contributed by atoms with van der Waals surface area (Å²) in [5.74, 6) is 1.52. The van der Waals surface area contributed by atoms with Crippen molar-refractivity contribution in [1.82, 2.24) is 4.90 Å². The normalized spacial score (nSPS) is 10.3. The standard InChI is InChI=1S/C23H23NO3/c1-24(18-19-8-4-2-5-9-19)23(25)20-12-14-22(15-13-20)27-17-16-26-21-10-6-3-7-11-21/h2-15H,16-18H2,1H3. The highest BCUT2D eigenvalue weighted by molar-refractivity contribution is 5.94. The third kappa shape index (κ3) is 5.61. The molecule has 3 aromatic carbocycles. The minimum Gasteiger partial charge on any atom is -0.490 e. The van der Waals surface area contributed by atoms with Gasteiger partial charge in [0.25, 0.3) is 5.91 Å². The quantitative estimate of drug-likeness (QED) is 0.558. The molecule has 0 unspecified atom stereocenters. The molecule has 0 aliphatic carbocycles. The summed E-state index contributed by atoms with van der Waals surface area (Å²) in [6.45, 7) is 1.48. The van der Waals surface area contributed by atoms with Crippen LogP contribution in [-0.2, 0) is 6.54 Å². The first-order chi connectivity index (χ1) is 13.2. The number of para-hydroxylation sites is 1. The third-order valence-corrected chi connectivity index (χ3v) is 4.07. The van der Waals surface area contributed by atoms with Crippen LogP contribution in [0.1, 0.15) is 15.9 Å². The zero-order valence-electron chi connectivity index (χ0n) is 15.4. The van der Waals surface area contributed by atoms with Crippen LogP contribution in [0, 0.1) is 0 Å². The van der Waals surface area contributed by atoms with Crippen LogP contribution >= 0.6 is 0 Å². The highest BCUT2D eigenvalue weighted by Gasteiger charge is 2.12. The van der Waals surface area contributed by atoms with E-state index in [1.165, 1.54) is 0 Å². The van der Waals surface area contributed by atoms with Gasteiger partial charge in [-0.2, -0.15) is 0 Å². The predicted octanol–water partition coefficient (Wildman–Crippen LogP) is 4.42. The lowest BCUT2D eigenvalue weighted by atomic mass is 10.1. The number of amides is 1. The summed E-state index contributed by atoms with van der Waals surface area (Å²) in [6, 6.07) is 26.8. The topological polar surface area (TPSA) is 38.8 Å². The van der Waals surface area contributed by atoms with Crippen LogP contribution in [0.15, 0.2) is 84.9 Å². The fourth-order valence-electron chi connectivity index (χ4n) is 2.68. The van der Waals surface area contributed by atoms with Crippen molar-refractivity contribution in [1.29, 1.82) is 0 Å². The Morgan fingerprint density at radius 1 is 0.741 bits per heavy atom. The molecule has 1 amide bonds. The molecule has 0 N–H and O–H groups in total. The first-order valence-electron chi connectivity index (χ1n) is 8.92. The number of carbonyl (C=O) groups is 1. The molecule has 0 atom stereocenters. The lowest BCUT2D eigenvalue weighted by Gasteiger charge is -2.17. The smallest absolute Gasteiger partial charge is 0.253 e. The largest absolute Gasteiger partial charge is 0.490 e. The second-order valence-corrected chi connectivity index (χ2v) is 6.18. The number of hydrogen-bond acceptors (Lipinski definition) is 3. The summed E-state index contributed by atoms with van der Waals surface area (Å²) >= 11 is 0. The second kappa shape index (κ2) is 9.43. The van der Waals surface area contributed by atoms with E-state index in [1.807, 2.05) is 72.8 Å². The van der Waals surface area contributed by atoms with Crippen LogP contribution in [0.5, 0.6) is 11.5 Å². The Labute approximate surface area is 160 Å². The fraction of sp³-hybridized carbons (Fsp3) is 0.174. The fourth-order valence-corrected chi connectivity index (χ4v) is 2.68. The summed E-state index contributed by atoms with van der Waals surface area (Å²) in [5, 5.41) is 0. The number of nitrogens with zero attached hydrogens (tertiary/aromatic N) is 1. The lowest BCUT2D eigenvalue weighted by Crippen LogP contribution is -2.26. The van der Waals surface area contributed by atoms with Crippen LogP contribution in [-0.4, -0.2) is 31.1 Å². The van der Waals surface area contributed by atoms with E-state index in [2.05, 4.69) is 0 Å². The van der Waals surface area contributed by atoms with Gasteiger partial charge in [0.1, 0.15) is 24.7 Å². The molecule has 0 spiro atoms. The molecule has 0 fully saturated rings. The maximum atomic E-state index is 12.5. The van der Waals surface area contributed by atoms with E-state index < -0.39 is 0 Å². The maximum Gasteiger partial charge on any atom is 0.253 e. The minimum absolute atomic E-state index is 0.0159. The lowest BCUT2D eigenvalue weighted by molar-refractivity contribution is 0.0785. The second-order valence-electron chi connectivity index (χ2n) is 6.18. The van der Waals surface area contributed by atoms with Crippen molar-refractivity contribution < 1.29 is 14.3 Å². The van der Waals surface area contributed by atoms with E-state index >= 15 is 0 Å². The van der Waals surface area contributed by atoms with Gasteiger partial charge in [-0.3, -0.25) is 4.79 Å². The van der Waals surface area contributed by atoms with E-state index in [4.69, 9.17) is 9.47 Å². The van der Waals surface area contributed by atoms with Gasteiger partial charge < -0.3 is 14.4 Å². The van der Waals surface area contributed by atoms with Gasteiger partial charge in [-0.1, -0.05) is 48.5 Å². The van der Waals surface area contributed by atoms with E-state index in [0.717, 1.165) is 11.3 Å². The van der Waals surface area contributed by atoms with Gasteiger partial charge in [0.05, 0.1) is 0 Å². The molecule has 0 heterocycles. The first kappa shape index (κ1) is 18.5. The molecule has 0 radical (unpaired) electrons. The zero-order valence-corrected chi connectivity index (χ0v) is 15.4. The first-order valence-corrected chi connectivity index (χ1v) is 8.92. The number of hydrogen-bond donors (Lipinski definition) is 0. The van der Waals surface area contributed by atoms with E-state index in [-0.39, 0.29) is 5.91 Å². The Bertz CT molecular complexity index is 833. The monoisotopic (exact) mass is 361 g/mol. The average Bonchev–Trinajstić information content (AvgIpc) is 2.72. The Kier molecular flexibility index (Phi) is 6.47. The highest BCUT2D eigenvalue weighted by Crippen LogP contribution is 2.15. The zero-order chi connectivity index (χ0) is 18.9. The molecule has 0 aromatic heterocycles. The number of rotatable bonds is 8. The van der Waals surface area contributed by atoms with Crippen molar-refractivity contribution in [3.8, 4) is 11.5 Å². The molecular formula is C23H23NO3. The molecule has 0 bridgehead atoms. The van der Waals surface area contributed by atoms with Crippen molar-refractivity contribution in [2.24, 2.45) is 0 Å². The molecule has 27 heavy (non-hydrogen) atoms. The van der Waals surface area contributed by atoms with Crippen molar-refractivity contribution in [2.75, 3.05) is 20.3 Å². The van der Waals surface area contributed by atoms with E-state index in [1.54, 1.807) is 24.1 Å². The van der Waals surface area contributed by atoms with Crippen molar-refractivity contribution >= 4 is 5.91 Å². The third-order valence-electron chi connectivity index (χ3n) is 4.07. The van der Waals surface area contributed by atoms with Crippen molar-refractivity contribution in [3.63, 3.8) is 0 Å². The van der Waals surface area contributed by atoms with Gasteiger partial charge in [-0.05, 0) is 42.0 Å². The Balaban J connectivity index is 1.47. The average molecular weight is 361 g/mol. The van der Waals surface area contributed by atoms with E-state index in [9.17, 15) is 4.79 Å². The van der Waals surface area contributed by atoms with Gasteiger partial charge >= 0.3 is 0 Å². The Hall–Kier alpha value is -3.27. The Morgan fingerprint density at radius 3 is 1.85 bits per heavy atom. The molecule has 4 heteroatoms. The molecule has 0 saturated heterocycles. The van der Waals surface area contributed by atoms with Gasteiger partial charge in [0.15, 0.2) is 0 Å². The summed E-state index contributed by atoms with van der Waals surface area (Å²) in [7, 11) is 1.81. The molecule has 3 aromatic rings. The summed E-state index contributed by atoms with van der Waals surface area (Å²) in [6.07, 6.45) is 0. The van der Waals surface area contributed by atoms with Crippen LogP contribution in [0.2, 0.25) is 0 Å². The highest BCUT2D eigenvalue weighted by atomic mass is 16.5. The molecule has 0 aliphatic rings. The van der Waals surface area contributed by atoms with Gasteiger partial charge in [0, 0.05) is 19.2 Å². The number of benzene rings is 3. The van der Waals surface area contributed by atoms with Crippen LogP contribution in [0.25, 0.3) is 0 Å². The van der Waals surface area contributed by atoms with Crippen LogP contribution < -0.4 is 9.47 Å². The van der Waals surface area contributed by atoms with Crippen LogP contribution in [0.3, 0.4) is 0 Å². The molecule has 138 valence electrons. The van der Waals surface area contributed by atoms with Crippen molar-refractivity contribution in [3.05, 3.63) is 96.1 Å². The van der Waals surface area contributed by atoms with Gasteiger partial charge in [-0.15, -0.1) is 0 Å². The number of ether oxygens (including phenoxy) is 2. The van der Waals surface area contributed by atoms with Gasteiger partial charge in [-0.25, -0.2) is 0 Å². The predicted molar refractivity (Wildman–Crippen MR) is 106 cm³/mol. The van der Waals surface area contributed by atoms with Crippen molar-refractivity contribution in [2.45, 2.75) is 6.54 Å². The van der Waals surface area contributed by atoms with E-state index in [0.29, 0.717) is 31.1 Å². The summed E-state index contributed by atoms with van der Waals surface area (Å²) in [5.41, 5.74) is 1.74. The molecule has 0 saturated carbocycles. The van der Waals surface area contributed by atoms with Gasteiger partial charge in [0.2, 0.25) is 0 Å².